The number of hydrogen-bond donors (Lipinski definition) is 1. The summed E-state index contributed by atoms with van der Waals surface area (Å²) in [5.74, 6) is -0.401. The van der Waals surface area contributed by atoms with Crippen LogP contribution in [0.1, 0.15) is 72.5 Å². The fourth-order valence-corrected chi connectivity index (χ4v) is 3.19. The van der Waals surface area contributed by atoms with Gasteiger partial charge in [-0.15, -0.1) is 0 Å². The molecule has 0 spiro atoms. The Morgan fingerprint density at radius 2 is 1.69 bits per heavy atom. The van der Waals surface area contributed by atoms with Crippen molar-refractivity contribution in [1.82, 2.24) is 9.97 Å². The zero-order chi connectivity index (χ0) is 18.9. The van der Waals surface area contributed by atoms with E-state index in [-0.39, 0.29) is 11.5 Å². The second kappa shape index (κ2) is 6.83. The topological polar surface area (TPSA) is 75.4 Å². The standard InChI is InChI=1S/C21H23N3O2/c1-13(2)18-19(14(3)4)24-17(12-22-18)21(10-5-11-23-21)16-8-6-15(7-9-16)20(25)26/h5-14H,1-4H3,(H,25,26). The summed E-state index contributed by atoms with van der Waals surface area (Å²) < 4.78 is 0. The van der Waals surface area contributed by atoms with Crippen LogP contribution in [0, 0.1) is 0 Å². The molecule has 1 aliphatic heterocycles. The number of hydrogen-bond acceptors (Lipinski definition) is 4. The molecule has 0 amide bonds. The van der Waals surface area contributed by atoms with Crippen molar-refractivity contribution >= 4 is 12.2 Å². The highest BCUT2D eigenvalue weighted by molar-refractivity contribution is 5.87. The lowest BCUT2D eigenvalue weighted by molar-refractivity contribution is 0.0697. The lowest BCUT2D eigenvalue weighted by atomic mass is 9.86. The maximum Gasteiger partial charge on any atom is 0.335 e. The first-order chi connectivity index (χ1) is 12.3. The average Bonchev–Trinajstić information content (AvgIpc) is 3.12. The monoisotopic (exact) mass is 349 g/mol. The molecule has 0 saturated carbocycles. The summed E-state index contributed by atoms with van der Waals surface area (Å²) in [5, 5.41) is 9.14. The van der Waals surface area contributed by atoms with Gasteiger partial charge in [0.2, 0.25) is 0 Å². The van der Waals surface area contributed by atoms with Crippen LogP contribution < -0.4 is 0 Å². The van der Waals surface area contributed by atoms with Crippen molar-refractivity contribution in [2.45, 2.75) is 45.1 Å². The molecule has 1 atom stereocenters. The number of rotatable bonds is 5. The molecule has 0 radical (unpaired) electrons. The number of carboxylic acids is 1. The van der Waals surface area contributed by atoms with Crippen LogP contribution in [0.25, 0.3) is 0 Å². The van der Waals surface area contributed by atoms with Crippen LogP contribution in [0.2, 0.25) is 0 Å². The molecular formula is C21H23N3O2. The third kappa shape index (κ3) is 3.05. The predicted molar refractivity (Wildman–Crippen MR) is 102 cm³/mol. The Balaban J connectivity index is 2.14. The number of aromatic nitrogens is 2. The summed E-state index contributed by atoms with van der Waals surface area (Å²) in [6.07, 6.45) is 7.40. The van der Waals surface area contributed by atoms with Gasteiger partial charge in [0.1, 0.15) is 5.54 Å². The van der Waals surface area contributed by atoms with Gasteiger partial charge in [-0.1, -0.05) is 39.8 Å². The Hall–Kier alpha value is -2.82. The van der Waals surface area contributed by atoms with Crippen molar-refractivity contribution in [2.75, 3.05) is 0 Å². The van der Waals surface area contributed by atoms with E-state index in [4.69, 9.17) is 15.1 Å². The molecule has 1 aliphatic rings. The minimum Gasteiger partial charge on any atom is -0.478 e. The van der Waals surface area contributed by atoms with E-state index in [2.05, 4.69) is 32.7 Å². The van der Waals surface area contributed by atoms with Crippen molar-refractivity contribution < 1.29 is 9.90 Å². The molecule has 0 bridgehead atoms. The van der Waals surface area contributed by atoms with Crippen LogP contribution in [0.15, 0.2) is 47.6 Å². The van der Waals surface area contributed by atoms with Gasteiger partial charge in [-0.05, 0) is 41.7 Å². The average molecular weight is 349 g/mol. The van der Waals surface area contributed by atoms with Crippen molar-refractivity contribution in [2.24, 2.45) is 4.99 Å². The largest absolute Gasteiger partial charge is 0.478 e. The fourth-order valence-electron chi connectivity index (χ4n) is 3.19. The van der Waals surface area contributed by atoms with E-state index in [0.717, 1.165) is 22.6 Å². The summed E-state index contributed by atoms with van der Waals surface area (Å²) in [6.45, 7) is 8.46. The van der Waals surface area contributed by atoms with Crippen LogP contribution in [0.3, 0.4) is 0 Å². The molecule has 0 saturated heterocycles. The van der Waals surface area contributed by atoms with Gasteiger partial charge >= 0.3 is 5.97 Å². The molecular weight excluding hydrogens is 326 g/mol. The Kier molecular flexibility index (Phi) is 4.72. The molecule has 26 heavy (non-hydrogen) atoms. The number of aliphatic imine (C=N–C) groups is 1. The van der Waals surface area contributed by atoms with E-state index in [9.17, 15) is 4.79 Å². The highest BCUT2D eigenvalue weighted by atomic mass is 16.4. The van der Waals surface area contributed by atoms with E-state index in [1.165, 1.54) is 0 Å². The number of carbonyl (C=O) groups is 1. The number of carboxylic acid groups (broad SMARTS) is 1. The maximum atomic E-state index is 11.1. The van der Waals surface area contributed by atoms with E-state index >= 15 is 0 Å². The van der Waals surface area contributed by atoms with Crippen molar-refractivity contribution in [3.8, 4) is 0 Å². The van der Waals surface area contributed by atoms with Crippen molar-refractivity contribution in [3.63, 3.8) is 0 Å². The second-order valence-corrected chi connectivity index (χ2v) is 7.12. The van der Waals surface area contributed by atoms with Gasteiger partial charge in [-0.25, -0.2) is 4.79 Å². The van der Waals surface area contributed by atoms with Gasteiger partial charge in [-0.3, -0.25) is 15.0 Å². The molecule has 1 unspecified atom stereocenters. The predicted octanol–water partition coefficient (Wildman–Crippen LogP) is 4.31. The van der Waals surface area contributed by atoms with Gasteiger partial charge in [0.15, 0.2) is 0 Å². The van der Waals surface area contributed by atoms with Crippen LogP contribution in [-0.4, -0.2) is 27.3 Å². The molecule has 0 fully saturated rings. The molecule has 2 aromatic rings. The van der Waals surface area contributed by atoms with Gasteiger partial charge in [0.25, 0.3) is 0 Å². The third-order valence-electron chi connectivity index (χ3n) is 4.59. The van der Waals surface area contributed by atoms with Crippen molar-refractivity contribution in [3.05, 3.63) is 70.8 Å². The normalized spacial score (nSPS) is 18.8. The Labute approximate surface area is 153 Å². The van der Waals surface area contributed by atoms with Crippen LogP contribution in [-0.2, 0) is 5.54 Å². The minimum atomic E-state index is -0.945. The quantitative estimate of drug-likeness (QED) is 0.873. The summed E-state index contributed by atoms with van der Waals surface area (Å²) in [5.41, 5.74) is 3.09. The smallest absolute Gasteiger partial charge is 0.335 e. The summed E-state index contributed by atoms with van der Waals surface area (Å²) in [7, 11) is 0. The zero-order valence-corrected chi connectivity index (χ0v) is 15.5. The first-order valence-corrected chi connectivity index (χ1v) is 8.79. The van der Waals surface area contributed by atoms with Gasteiger partial charge in [-0.2, -0.15) is 0 Å². The second-order valence-electron chi connectivity index (χ2n) is 7.12. The first kappa shape index (κ1) is 18.0. The molecule has 1 N–H and O–H groups in total. The highest BCUT2D eigenvalue weighted by Gasteiger charge is 2.35. The first-order valence-electron chi connectivity index (χ1n) is 8.79. The Bertz CT molecular complexity index is 869. The fraction of sp³-hybridized carbons (Fsp3) is 0.333. The summed E-state index contributed by atoms with van der Waals surface area (Å²) in [6, 6.07) is 6.79. The molecule has 5 heteroatoms. The summed E-state index contributed by atoms with van der Waals surface area (Å²) >= 11 is 0. The van der Waals surface area contributed by atoms with Gasteiger partial charge < -0.3 is 5.11 Å². The van der Waals surface area contributed by atoms with E-state index in [1.807, 2.05) is 12.2 Å². The minimum absolute atomic E-state index is 0.249. The number of benzene rings is 1. The molecule has 2 heterocycles. The SMILES string of the molecule is CC(C)c1ncc(C2(c3ccc(C(=O)O)cc3)C=CC=N2)nc1C(C)C. The van der Waals surface area contributed by atoms with Gasteiger partial charge in [0, 0.05) is 6.21 Å². The Morgan fingerprint density at radius 1 is 1.04 bits per heavy atom. The number of allylic oxidation sites excluding steroid dienone is 1. The molecule has 5 nitrogen and oxygen atoms in total. The molecule has 1 aromatic carbocycles. The lowest BCUT2D eigenvalue weighted by Crippen LogP contribution is -2.24. The van der Waals surface area contributed by atoms with Crippen LogP contribution in [0.4, 0.5) is 0 Å². The lowest BCUT2D eigenvalue weighted by Gasteiger charge is -2.26. The van der Waals surface area contributed by atoms with Crippen molar-refractivity contribution in [1.29, 1.82) is 0 Å². The third-order valence-corrected chi connectivity index (χ3v) is 4.59. The van der Waals surface area contributed by atoms with Crippen LogP contribution >= 0.6 is 0 Å². The molecule has 3 rings (SSSR count). The Morgan fingerprint density at radius 3 is 2.19 bits per heavy atom. The number of nitrogens with zero attached hydrogens (tertiary/aromatic N) is 3. The highest BCUT2D eigenvalue weighted by Crippen LogP contribution is 2.37. The molecule has 1 aromatic heterocycles. The zero-order valence-electron chi connectivity index (χ0n) is 15.5. The summed E-state index contributed by atoms with van der Waals surface area (Å²) in [4.78, 5) is 25.4. The van der Waals surface area contributed by atoms with E-state index in [1.54, 1.807) is 36.7 Å². The van der Waals surface area contributed by atoms with E-state index < -0.39 is 11.5 Å². The molecule has 0 aliphatic carbocycles. The molecule has 134 valence electrons. The maximum absolute atomic E-state index is 11.1. The van der Waals surface area contributed by atoms with Crippen LogP contribution in [0.5, 0.6) is 0 Å². The van der Waals surface area contributed by atoms with E-state index in [0.29, 0.717) is 5.92 Å². The van der Waals surface area contributed by atoms with Gasteiger partial charge in [0.05, 0.1) is 28.8 Å². The number of aromatic carboxylic acids is 1.